The molecule has 2 atom stereocenters. The van der Waals surface area contributed by atoms with E-state index in [1.807, 2.05) is 0 Å². The number of allylic oxidation sites excluding steroid dienone is 1. The highest BCUT2D eigenvalue weighted by Crippen LogP contribution is 2.42. The Labute approximate surface area is 75.8 Å². The van der Waals surface area contributed by atoms with Crippen LogP contribution in [0.3, 0.4) is 0 Å². The lowest BCUT2D eigenvalue weighted by molar-refractivity contribution is 0.00587. The van der Waals surface area contributed by atoms with E-state index >= 15 is 0 Å². The molecule has 0 aliphatic carbocycles. The topological polar surface area (TPSA) is 9.23 Å². The minimum absolute atomic E-state index is 0.0723. The van der Waals surface area contributed by atoms with Crippen LogP contribution in [0.2, 0.25) is 0 Å². The zero-order valence-electron chi connectivity index (χ0n) is 8.90. The summed E-state index contributed by atoms with van der Waals surface area (Å²) in [6.07, 6.45) is 2.29. The lowest BCUT2D eigenvalue weighted by Crippen LogP contribution is -2.31. The van der Waals surface area contributed by atoms with E-state index in [0.29, 0.717) is 5.92 Å². The molecule has 1 rings (SSSR count). The van der Waals surface area contributed by atoms with Gasteiger partial charge in [0.15, 0.2) is 0 Å². The fourth-order valence-electron chi connectivity index (χ4n) is 2.26. The maximum absolute atomic E-state index is 5.89. The molecule has 1 aliphatic rings. The van der Waals surface area contributed by atoms with E-state index in [9.17, 15) is 0 Å². The molecule has 70 valence electrons. The molecule has 0 aromatic rings. The van der Waals surface area contributed by atoms with Gasteiger partial charge in [0.1, 0.15) is 5.60 Å². The Balaban J connectivity index is 2.89. The van der Waals surface area contributed by atoms with Gasteiger partial charge in [-0.1, -0.05) is 13.8 Å². The van der Waals surface area contributed by atoms with Gasteiger partial charge in [-0.25, -0.2) is 0 Å². The molecular formula is C11H20O. The molecule has 1 heteroatoms. The quantitative estimate of drug-likeness (QED) is 0.613. The van der Waals surface area contributed by atoms with Crippen molar-refractivity contribution < 1.29 is 4.74 Å². The summed E-state index contributed by atoms with van der Waals surface area (Å²) in [6.45, 7) is 10.9. The molecule has 1 heterocycles. The number of hydrogen-bond acceptors (Lipinski definition) is 1. The molecule has 0 saturated heterocycles. The summed E-state index contributed by atoms with van der Waals surface area (Å²) in [7, 11) is 0. The molecule has 0 radical (unpaired) electrons. The Morgan fingerprint density at radius 1 is 1.33 bits per heavy atom. The first kappa shape index (κ1) is 9.63. The van der Waals surface area contributed by atoms with E-state index < -0.39 is 0 Å². The molecule has 1 aliphatic heterocycles. The molecule has 0 amide bonds. The van der Waals surface area contributed by atoms with Crippen LogP contribution in [-0.4, -0.2) is 5.60 Å². The van der Waals surface area contributed by atoms with E-state index in [2.05, 4.69) is 34.6 Å². The van der Waals surface area contributed by atoms with Gasteiger partial charge in [-0.15, -0.1) is 0 Å². The van der Waals surface area contributed by atoms with Crippen LogP contribution in [-0.2, 0) is 4.74 Å². The highest BCUT2D eigenvalue weighted by molar-refractivity contribution is 5.19. The second kappa shape index (κ2) is 3.12. The van der Waals surface area contributed by atoms with Gasteiger partial charge < -0.3 is 4.74 Å². The molecule has 0 saturated carbocycles. The minimum atomic E-state index is 0.0723. The van der Waals surface area contributed by atoms with E-state index in [1.165, 1.54) is 12.0 Å². The molecular weight excluding hydrogens is 148 g/mol. The Morgan fingerprint density at radius 2 is 1.92 bits per heavy atom. The molecule has 0 N–H and O–H groups in total. The highest BCUT2D eigenvalue weighted by Gasteiger charge is 2.40. The van der Waals surface area contributed by atoms with Crippen LogP contribution in [0.4, 0.5) is 0 Å². The monoisotopic (exact) mass is 168 g/mol. The summed E-state index contributed by atoms with van der Waals surface area (Å²) >= 11 is 0. The van der Waals surface area contributed by atoms with Crippen molar-refractivity contribution in [3.05, 3.63) is 11.3 Å². The van der Waals surface area contributed by atoms with Gasteiger partial charge in [0, 0.05) is 5.92 Å². The van der Waals surface area contributed by atoms with E-state index in [4.69, 9.17) is 4.74 Å². The molecule has 12 heavy (non-hydrogen) atoms. The molecule has 0 bridgehead atoms. The Hall–Kier alpha value is -0.460. The first-order valence-corrected chi connectivity index (χ1v) is 4.91. The molecule has 2 unspecified atom stereocenters. The minimum Gasteiger partial charge on any atom is -0.492 e. The van der Waals surface area contributed by atoms with Gasteiger partial charge in [-0.05, 0) is 39.2 Å². The number of ether oxygens (including phenoxy) is 1. The van der Waals surface area contributed by atoms with Gasteiger partial charge in [0.05, 0.1) is 5.76 Å². The van der Waals surface area contributed by atoms with Crippen molar-refractivity contribution >= 4 is 0 Å². The number of rotatable bonds is 2. The number of hydrogen-bond donors (Lipinski definition) is 0. The van der Waals surface area contributed by atoms with Gasteiger partial charge >= 0.3 is 0 Å². The van der Waals surface area contributed by atoms with Crippen LogP contribution in [0.5, 0.6) is 0 Å². The van der Waals surface area contributed by atoms with Gasteiger partial charge in [-0.2, -0.15) is 0 Å². The fourth-order valence-corrected chi connectivity index (χ4v) is 2.26. The second-order valence-electron chi connectivity index (χ2n) is 3.97. The molecule has 1 nitrogen and oxygen atoms in total. The summed E-state index contributed by atoms with van der Waals surface area (Å²) in [6, 6.07) is 0. The smallest absolute Gasteiger partial charge is 0.112 e. The average molecular weight is 168 g/mol. The highest BCUT2D eigenvalue weighted by atomic mass is 16.5. The first-order chi connectivity index (χ1) is 5.55. The van der Waals surface area contributed by atoms with Crippen molar-refractivity contribution in [2.24, 2.45) is 5.92 Å². The van der Waals surface area contributed by atoms with Crippen molar-refractivity contribution in [3.63, 3.8) is 0 Å². The van der Waals surface area contributed by atoms with Gasteiger partial charge in [0.25, 0.3) is 0 Å². The summed E-state index contributed by atoms with van der Waals surface area (Å²) in [5.74, 6) is 1.77. The van der Waals surface area contributed by atoms with Gasteiger partial charge in [-0.3, -0.25) is 0 Å². The second-order valence-corrected chi connectivity index (χ2v) is 3.97. The van der Waals surface area contributed by atoms with Crippen molar-refractivity contribution in [3.8, 4) is 0 Å². The fraction of sp³-hybridized carbons (Fsp3) is 0.818. The SMILES string of the molecule is CCC1C(C)=C(C)OC1(C)CC. The van der Waals surface area contributed by atoms with Crippen LogP contribution in [0.25, 0.3) is 0 Å². The molecule has 0 fully saturated rings. The maximum atomic E-state index is 5.89. The van der Waals surface area contributed by atoms with E-state index in [0.717, 1.165) is 12.2 Å². The average Bonchev–Trinajstić information content (AvgIpc) is 2.25. The normalized spacial score (nSPS) is 35.6. The first-order valence-electron chi connectivity index (χ1n) is 4.91. The third-order valence-electron chi connectivity index (χ3n) is 3.31. The molecule has 0 aromatic heterocycles. The van der Waals surface area contributed by atoms with Crippen molar-refractivity contribution in [1.29, 1.82) is 0 Å². The van der Waals surface area contributed by atoms with Gasteiger partial charge in [0.2, 0.25) is 0 Å². The van der Waals surface area contributed by atoms with Crippen molar-refractivity contribution in [2.75, 3.05) is 0 Å². The molecule has 0 spiro atoms. The predicted molar refractivity (Wildman–Crippen MR) is 51.9 cm³/mol. The zero-order valence-corrected chi connectivity index (χ0v) is 8.90. The lowest BCUT2D eigenvalue weighted by Gasteiger charge is -2.30. The predicted octanol–water partition coefficient (Wildman–Crippen LogP) is 3.51. The zero-order chi connectivity index (χ0) is 9.35. The standard InChI is InChI=1S/C11H20O/c1-6-10-8(3)9(4)12-11(10,5)7-2/h10H,6-7H2,1-5H3. The Morgan fingerprint density at radius 3 is 2.25 bits per heavy atom. The van der Waals surface area contributed by atoms with E-state index in [-0.39, 0.29) is 5.60 Å². The van der Waals surface area contributed by atoms with E-state index in [1.54, 1.807) is 0 Å². The lowest BCUT2D eigenvalue weighted by atomic mass is 9.82. The van der Waals surface area contributed by atoms with Crippen LogP contribution in [0.15, 0.2) is 11.3 Å². The Bertz CT molecular complexity index is 205. The third-order valence-corrected chi connectivity index (χ3v) is 3.31. The van der Waals surface area contributed by atoms with Crippen LogP contribution in [0.1, 0.15) is 47.5 Å². The summed E-state index contributed by atoms with van der Waals surface area (Å²) in [4.78, 5) is 0. The van der Waals surface area contributed by atoms with Crippen LogP contribution >= 0.6 is 0 Å². The summed E-state index contributed by atoms with van der Waals surface area (Å²) in [5.41, 5.74) is 1.52. The largest absolute Gasteiger partial charge is 0.492 e. The summed E-state index contributed by atoms with van der Waals surface area (Å²) in [5, 5.41) is 0. The van der Waals surface area contributed by atoms with Crippen molar-refractivity contribution in [1.82, 2.24) is 0 Å². The third kappa shape index (κ3) is 1.26. The maximum Gasteiger partial charge on any atom is 0.112 e. The summed E-state index contributed by atoms with van der Waals surface area (Å²) < 4.78 is 5.89. The van der Waals surface area contributed by atoms with Crippen molar-refractivity contribution in [2.45, 2.75) is 53.1 Å². The molecule has 0 aromatic carbocycles. The Kier molecular flexibility index (Phi) is 2.50. The van der Waals surface area contributed by atoms with Crippen LogP contribution < -0.4 is 0 Å². The van der Waals surface area contributed by atoms with Crippen LogP contribution in [0, 0.1) is 5.92 Å².